The van der Waals surface area contributed by atoms with Crippen LogP contribution in [0.4, 0.5) is 0 Å². The van der Waals surface area contributed by atoms with E-state index in [-0.39, 0.29) is 11.9 Å². The average molecular weight is 403 g/mol. The Kier molecular flexibility index (Phi) is 8.28. The quantitative estimate of drug-likeness (QED) is 0.336. The highest BCUT2D eigenvalue weighted by Gasteiger charge is 2.32. The normalized spacial score (nSPS) is 13.8. The van der Waals surface area contributed by atoms with E-state index < -0.39 is 0 Å². The second kappa shape index (κ2) is 10.4. The summed E-state index contributed by atoms with van der Waals surface area (Å²) < 4.78 is 22.2. The number of methoxy groups -OCH3 is 3. The molecule has 28 heavy (non-hydrogen) atoms. The highest BCUT2D eigenvalue weighted by molar-refractivity contribution is 7.48. The minimum atomic E-state index is -0.178. The van der Waals surface area contributed by atoms with Crippen LogP contribution in [0.5, 0.6) is 17.2 Å². The monoisotopic (exact) mass is 403 g/mol. The fourth-order valence-electron chi connectivity index (χ4n) is 3.03. The van der Waals surface area contributed by atoms with Crippen molar-refractivity contribution in [2.24, 2.45) is 4.99 Å². The van der Waals surface area contributed by atoms with Crippen molar-refractivity contribution < 1.29 is 18.9 Å². The molecule has 152 valence electrons. The van der Waals surface area contributed by atoms with Gasteiger partial charge in [0.25, 0.3) is 0 Å². The van der Waals surface area contributed by atoms with Crippen LogP contribution in [0.1, 0.15) is 31.4 Å². The molecule has 0 aliphatic carbocycles. The third-order valence-electron chi connectivity index (χ3n) is 4.75. The molecule has 0 aliphatic heterocycles. The summed E-state index contributed by atoms with van der Waals surface area (Å²) in [4.78, 5) is 4.21. The molecule has 2 atom stereocenters. The molecular formula is C22H30NO4P. The van der Waals surface area contributed by atoms with Gasteiger partial charge in [0.2, 0.25) is 0 Å². The van der Waals surface area contributed by atoms with E-state index in [0.29, 0.717) is 20.1 Å². The van der Waals surface area contributed by atoms with E-state index >= 15 is 0 Å². The van der Waals surface area contributed by atoms with Crippen molar-refractivity contribution in [1.82, 2.24) is 0 Å². The zero-order valence-electron chi connectivity index (χ0n) is 17.5. The number of rotatable bonds is 10. The van der Waals surface area contributed by atoms with E-state index in [9.17, 15) is 0 Å². The van der Waals surface area contributed by atoms with E-state index in [0.717, 1.165) is 23.3 Å². The maximum absolute atomic E-state index is 5.95. The van der Waals surface area contributed by atoms with Gasteiger partial charge in [0.05, 0.1) is 14.2 Å². The highest BCUT2D eigenvalue weighted by Crippen LogP contribution is 2.51. The summed E-state index contributed by atoms with van der Waals surface area (Å²) in [7, 11) is 7.21. The van der Waals surface area contributed by atoms with Crippen LogP contribution < -0.4 is 19.5 Å². The van der Waals surface area contributed by atoms with E-state index in [1.54, 1.807) is 28.4 Å². The Balaban J connectivity index is 2.60. The third kappa shape index (κ3) is 5.03. The van der Waals surface area contributed by atoms with Gasteiger partial charge in [0.15, 0.2) is 18.3 Å². The molecule has 0 heterocycles. The average Bonchev–Trinajstić information content (AvgIpc) is 2.73. The van der Waals surface area contributed by atoms with Crippen LogP contribution in [0.2, 0.25) is 0 Å². The molecule has 0 amide bonds. The van der Waals surface area contributed by atoms with Gasteiger partial charge in [0.1, 0.15) is 5.75 Å². The molecule has 2 aromatic carbocycles. The molecule has 0 spiro atoms. The summed E-state index contributed by atoms with van der Waals surface area (Å²) in [6.45, 7) is 4.59. The van der Waals surface area contributed by atoms with E-state index in [4.69, 9.17) is 18.9 Å². The van der Waals surface area contributed by atoms with Gasteiger partial charge in [-0.15, -0.1) is 0 Å². The Morgan fingerprint density at radius 2 is 1.86 bits per heavy atom. The smallest absolute Gasteiger partial charge is 0.188 e. The number of aliphatic imine (C=N–C) groups is 1. The Bertz CT molecular complexity index is 809. The van der Waals surface area contributed by atoms with Gasteiger partial charge in [-0.05, 0) is 23.4 Å². The lowest BCUT2D eigenvalue weighted by Crippen LogP contribution is -2.22. The van der Waals surface area contributed by atoms with Gasteiger partial charge in [-0.3, -0.25) is 4.99 Å². The van der Waals surface area contributed by atoms with Gasteiger partial charge in [-0.25, -0.2) is 0 Å². The molecular weight excluding hydrogens is 373 g/mol. The van der Waals surface area contributed by atoms with E-state index in [1.807, 2.05) is 24.4 Å². The molecule has 0 saturated heterocycles. The van der Waals surface area contributed by atoms with E-state index in [2.05, 4.69) is 37.0 Å². The molecule has 0 bridgehead atoms. The van der Waals surface area contributed by atoms with Crippen LogP contribution in [0.15, 0.2) is 41.4 Å². The zero-order chi connectivity index (χ0) is 20.6. The lowest BCUT2D eigenvalue weighted by Gasteiger charge is -2.32. The summed E-state index contributed by atoms with van der Waals surface area (Å²) in [6, 6.07) is 12.2. The van der Waals surface area contributed by atoms with E-state index in [1.165, 1.54) is 5.30 Å². The van der Waals surface area contributed by atoms with Crippen LogP contribution in [-0.4, -0.2) is 41.4 Å². The van der Waals surface area contributed by atoms with Crippen molar-refractivity contribution in [1.29, 1.82) is 0 Å². The molecule has 0 aromatic heterocycles. The molecule has 5 nitrogen and oxygen atoms in total. The Morgan fingerprint density at radius 3 is 2.46 bits per heavy atom. The maximum Gasteiger partial charge on any atom is 0.188 e. The summed E-state index contributed by atoms with van der Waals surface area (Å²) in [5.74, 6) is 2.08. The molecule has 2 unspecified atom stereocenters. The van der Waals surface area contributed by atoms with Crippen LogP contribution in [-0.2, 0) is 9.89 Å². The lowest BCUT2D eigenvalue weighted by atomic mass is 9.95. The van der Waals surface area contributed by atoms with Crippen molar-refractivity contribution >= 4 is 20.1 Å². The number of nitrogens with zero attached hydrogens (tertiary/aromatic N) is 1. The first-order valence-corrected chi connectivity index (χ1v) is 10.2. The number of hydrogen-bond donors (Lipinski definition) is 0. The van der Waals surface area contributed by atoms with Crippen molar-refractivity contribution in [2.75, 3.05) is 35.2 Å². The van der Waals surface area contributed by atoms with Gasteiger partial charge in [-0.2, -0.15) is 0 Å². The maximum atomic E-state index is 5.95. The van der Waals surface area contributed by atoms with Crippen LogP contribution in [0, 0.1) is 0 Å². The van der Waals surface area contributed by atoms with Crippen molar-refractivity contribution in [2.45, 2.75) is 25.4 Å². The second-order valence-electron chi connectivity index (χ2n) is 6.54. The minimum absolute atomic E-state index is 0.150. The zero-order valence-corrected chi connectivity index (χ0v) is 18.5. The first-order chi connectivity index (χ1) is 13.5. The van der Waals surface area contributed by atoms with Gasteiger partial charge >= 0.3 is 0 Å². The van der Waals surface area contributed by atoms with Crippen molar-refractivity contribution in [3.8, 4) is 17.2 Å². The predicted octanol–water partition coefficient (Wildman–Crippen LogP) is 4.36. The van der Waals surface area contributed by atoms with Gasteiger partial charge in [0, 0.05) is 37.2 Å². The van der Waals surface area contributed by atoms with Crippen LogP contribution >= 0.6 is 8.58 Å². The molecule has 0 fully saturated rings. The summed E-state index contributed by atoms with van der Waals surface area (Å²) in [6.07, 6.45) is 2.83. The van der Waals surface area contributed by atoms with Gasteiger partial charge < -0.3 is 18.9 Å². The fourth-order valence-corrected chi connectivity index (χ4v) is 4.59. The predicted molar refractivity (Wildman–Crippen MR) is 118 cm³/mol. The minimum Gasteiger partial charge on any atom is -0.497 e. The first kappa shape index (κ1) is 22.2. The van der Waals surface area contributed by atoms with Crippen LogP contribution in [0.3, 0.4) is 0 Å². The van der Waals surface area contributed by atoms with Crippen LogP contribution in [0.25, 0.3) is 0 Å². The molecule has 0 radical (unpaired) electrons. The molecule has 0 N–H and O–H groups in total. The SMILES string of the molecule is CCC(C)(Pc1ccccc1C=NC)c1cc(OC)cc(OC)c1OCOC. The number of benzene rings is 2. The first-order valence-electron chi connectivity index (χ1n) is 9.20. The topological polar surface area (TPSA) is 49.3 Å². The number of hydrogen-bond acceptors (Lipinski definition) is 5. The Labute approximate surface area is 169 Å². The largest absolute Gasteiger partial charge is 0.497 e. The highest BCUT2D eigenvalue weighted by atomic mass is 31.1. The standard InChI is InChI=1S/C22H30NO4P/c1-7-22(2,28-20-11-9-8-10-16(20)14-23-3)18-12-17(25-5)13-19(26-6)21(18)27-15-24-4/h8-14,28H,7,15H2,1-6H3. The van der Waals surface area contributed by atoms with Crippen molar-refractivity contribution in [3.05, 3.63) is 47.5 Å². The molecule has 6 heteroatoms. The Hall–Kier alpha value is -2.10. The summed E-state index contributed by atoms with van der Waals surface area (Å²) in [5, 5.41) is 1.08. The molecule has 0 saturated carbocycles. The summed E-state index contributed by atoms with van der Waals surface area (Å²) in [5.41, 5.74) is 2.18. The van der Waals surface area contributed by atoms with Crippen molar-refractivity contribution in [3.63, 3.8) is 0 Å². The molecule has 2 rings (SSSR count). The number of ether oxygens (including phenoxy) is 4. The lowest BCUT2D eigenvalue weighted by molar-refractivity contribution is 0.0479. The molecule has 0 aliphatic rings. The fraction of sp³-hybridized carbons (Fsp3) is 0.409. The Morgan fingerprint density at radius 1 is 1.11 bits per heavy atom. The van der Waals surface area contributed by atoms with Gasteiger partial charge in [-0.1, -0.05) is 46.7 Å². The molecule has 2 aromatic rings. The second-order valence-corrected chi connectivity index (χ2v) is 8.43. The third-order valence-corrected chi connectivity index (χ3v) is 6.65. The summed E-state index contributed by atoms with van der Waals surface area (Å²) >= 11 is 0.